The number of benzene rings is 2. The van der Waals surface area contributed by atoms with Gasteiger partial charge in [0.1, 0.15) is 18.3 Å². The van der Waals surface area contributed by atoms with Gasteiger partial charge < -0.3 is 15.0 Å². The van der Waals surface area contributed by atoms with Crippen molar-refractivity contribution in [1.82, 2.24) is 10.2 Å². The predicted octanol–water partition coefficient (Wildman–Crippen LogP) is 3.02. The van der Waals surface area contributed by atoms with E-state index in [-0.39, 0.29) is 18.5 Å². The molecule has 0 saturated carbocycles. The van der Waals surface area contributed by atoms with Crippen molar-refractivity contribution in [2.45, 2.75) is 53.2 Å². The molecule has 0 saturated heterocycles. The Hall–Kier alpha value is -3.07. The van der Waals surface area contributed by atoms with Crippen molar-refractivity contribution >= 4 is 27.5 Å². The minimum absolute atomic E-state index is 0.105. The van der Waals surface area contributed by atoms with Crippen LogP contribution in [0.2, 0.25) is 0 Å². The SMILES string of the molecule is COc1cccc(CN(C(=O)CN(c2cccc(C)c2C)S(C)(=O)=O)C(C)C(=O)NC(C)C)c1. The number of aryl methyl sites for hydroxylation is 1. The molecule has 0 aliphatic rings. The summed E-state index contributed by atoms with van der Waals surface area (Å²) < 4.78 is 31.8. The first kappa shape index (κ1) is 27.2. The molecular formula is C25H35N3O5S. The van der Waals surface area contributed by atoms with E-state index < -0.39 is 28.5 Å². The van der Waals surface area contributed by atoms with E-state index in [1.807, 2.05) is 39.8 Å². The highest BCUT2D eigenvalue weighted by Gasteiger charge is 2.31. The number of rotatable bonds is 10. The second-order valence-electron chi connectivity index (χ2n) is 8.70. The average Bonchev–Trinajstić information content (AvgIpc) is 2.76. The normalized spacial score (nSPS) is 12.2. The first-order valence-corrected chi connectivity index (χ1v) is 13.0. The monoisotopic (exact) mass is 489 g/mol. The number of anilines is 1. The van der Waals surface area contributed by atoms with E-state index in [0.29, 0.717) is 11.4 Å². The van der Waals surface area contributed by atoms with Crippen molar-refractivity contribution in [1.29, 1.82) is 0 Å². The Bertz CT molecular complexity index is 1130. The Morgan fingerprint density at radius 3 is 2.29 bits per heavy atom. The van der Waals surface area contributed by atoms with E-state index >= 15 is 0 Å². The lowest BCUT2D eigenvalue weighted by Gasteiger charge is -2.32. The van der Waals surface area contributed by atoms with Crippen LogP contribution in [0.4, 0.5) is 5.69 Å². The molecule has 2 amide bonds. The maximum Gasteiger partial charge on any atom is 0.244 e. The molecule has 0 heterocycles. The molecule has 0 radical (unpaired) electrons. The second kappa shape index (κ2) is 11.4. The van der Waals surface area contributed by atoms with Crippen LogP contribution in [0.1, 0.15) is 37.5 Å². The van der Waals surface area contributed by atoms with Gasteiger partial charge in [-0.25, -0.2) is 8.42 Å². The number of amides is 2. The third-order valence-electron chi connectivity index (χ3n) is 5.61. The smallest absolute Gasteiger partial charge is 0.244 e. The number of nitrogens with one attached hydrogen (secondary N) is 1. The highest BCUT2D eigenvalue weighted by atomic mass is 32.2. The molecule has 0 aromatic heterocycles. The molecule has 9 heteroatoms. The molecule has 1 atom stereocenters. The third kappa shape index (κ3) is 6.96. The summed E-state index contributed by atoms with van der Waals surface area (Å²) in [6, 6.07) is 11.6. The van der Waals surface area contributed by atoms with Gasteiger partial charge >= 0.3 is 0 Å². The number of ether oxygens (including phenoxy) is 1. The zero-order chi connectivity index (χ0) is 25.6. The van der Waals surface area contributed by atoms with Crippen LogP contribution in [-0.2, 0) is 26.2 Å². The number of carbonyl (C=O) groups is 2. The van der Waals surface area contributed by atoms with Gasteiger partial charge in [-0.1, -0.05) is 24.3 Å². The molecule has 0 spiro atoms. The van der Waals surface area contributed by atoms with Crippen LogP contribution in [-0.4, -0.2) is 57.1 Å². The lowest BCUT2D eigenvalue weighted by atomic mass is 10.1. The zero-order valence-corrected chi connectivity index (χ0v) is 21.8. The summed E-state index contributed by atoms with van der Waals surface area (Å²) in [7, 11) is -2.22. The first-order valence-electron chi connectivity index (χ1n) is 11.1. The van der Waals surface area contributed by atoms with Crippen molar-refractivity contribution in [2.24, 2.45) is 0 Å². The minimum Gasteiger partial charge on any atom is -0.497 e. The van der Waals surface area contributed by atoms with Gasteiger partial charge in [-0.3, -0.25) is 13.9 Å². The standard InChI is InChI=1S/C25H35N3O5S/c1-17(2)26-25(30)20(5)27(15-21-11-9-12-22(14-21)33-6)24(29)16-28(34(7,31)32)23-13-8-10-18(3)19(23)4/h8-14,17,20H,15-16H2,1-7H3,(H,26,30). The fraction of sp³-hybridized carbons (Fsp3) is 0.440. The summed E-state index contributed by atoms with van der Waals surface area (Å²) >= 11 is 0. The fourth-order valence-corrected chi connectivity index (χ4v) is 4.46. The lowest BCUT2D eigenvalue weighted by molar-refractivity contribution is -0.139. The van der Waals surface area contributed by atoms with Crippen LogP contribution in [0.15, 0.2) is 42.5 Å². The van der Waals surface area contributed by atoms with Crippen LogP contribution in [0.3, 0.4) is 0 Å². The van der Waals surface area contributed by atoms with Crippen molar-refractivity contribution in [2.75, 3.05) is 24.2 Å². The van der Waals surface area contributed by atoms with Crippen molar-refractivity contribution in [3.05, 3.63) is 59.2 Å². The van der Waals surface area contributed by atoms with Crippen molar-refractivity contribution in [3.8, 4) is 5.75 Å². The Balaban J connectivity index is 2.45. The van der Waals surface area contributed by atoms with Crippen LogP contribution in [0.25, 0.3) is 0 Å². The highest BCUT2D eigenvalue weighted by Crippen LogP contribution is 2.25. The molecule has 1 N–H and O–H groups in total. The Morgan fingerprint density at radius 2 is 1.71 bits per heavy atom. The van der Waals surface area contributed by atoms with Crippen LogP contribution >= 0.6 is 0 Å². The third-order valence-corrected chi connectivity index (χ3v) is 6.74. The second-order valence-corrected chi connectivity index (χ2v) is 10.6. The van der Waals surface area contributed by atoms with Gasteiger partial charge in [0.25, 0.3) is 0 Å². The van der Waals surface area contributed by atoms with Crippen LogP contribution in [0.5, 0.6) is 5.75 Å². The summed E-state index contributed by atoms with van der Waals surface area (Å²) in [6.45, 7) is 8.71. The van der Waals surface area contributed by atoms with Crippen molar-refractivity contribution in [3.63, 3.8) is 0 Å². The summed E-state index contributed by atoms with van der Waals surface area (Å²) in [6.07, 6.45) is 1.07. The van der Waals surface area contributed by atoms with Gasteiger partial charge in [0.15, 0.2) is 0 Å². The largest absolute Gasteiger partial charge is 0.497 e. The molecule has 34 heavy (non-hydrogen) atoms. The summed E-state index contributed by atoms with van der Waals surface area (Å²) in [5.74, 6) is -0.179. The zero-order valence-electron chi connectivity index (χ0n) is 21.0. The van der Waals surface area contributed by atoms with Gasteiger partial charge in [0.2, 0.25) is 21.8 Å². The Morgan fingerprint density at radius 1 is 1.06 bits per heavy atom. The van der Waals surface area contributed by atoms with E-state index in [1.54, 1.807) is 44.4 Å². The first-order chi connectivity index (χ1) is 15.8. The molecule has 186 valence electrons. The quantitative estimate of drug-likeness (QED) is 0.554. The number of nitrogens with zero attached hydrogens (tertiary/aromatic N) is 2. The summed E-state index contributed by atoms with van der Waals surface area (Å²) in [4.78, 5) is 27.8. The van der Waals surface area contributed by atoms with Crippen LogP contribution in [0, 0.1) is 13.8 Å². The molecule has 0 aliphatic carbocycles. The summed E-state index contributed by atoms with van der Waals surface area (Å²) in [5, 5.41) is 2.83. The fourth-order valence-electron chi connectivity index (χ4n) is 3.56. The molecular weight excluding hydrogens is 454 g/mol. The molecule has 0 aliphatic heterocycles. The van der Waals surface area contributed by atoms with E-state index in [2.05, 4.69) is 5.32 Å². The molecule has 2 rings (SSSR count). The number of hydrogen-bond donors (Lipinski definition) is 1. The number of sulfonamides is 1. The van der Waals surface area contributed by atoms with Gasteiger partial charge in [-0.05, 0) is 69.5 Å². The average molecular weight is 490 g/mol. The molecule has 0 fully saturated rings. The van der Waals surface area contributed by atoms with Gasteiger partial charge in [0, 0.05) is 12.6 Å². The van der Waals surface area contributed by atoms with E-state index in [9.17, 15) is 18.0 Å². The number of methoxy groups -OCH3 is 1. The van der Waals surface area contributed by atoms with Gasteiger partial charge in [-0.15, -0.1) is 0 Å². The lowest BCUT2D eigenvalue weighted by Crippen LogP contribution is -2.52. The molecule has 2 aromatic rings. The number of carbonyl (C=O) groups excluding carboxylic acids is 2. The van der Waals surface area contributed by atoms with Crippen molar-refractivity contribution < 1.29 is 22.7 Å². The topological polar surface area (TPSA) is 96.0 Å². The minimum atomic E-state index is -3.77. The molecule has 2 aromatic carbocycles. The summed E-state index contributed by atoms with van der Waals surface area (Å²) in [5.41, 5.74) is 2.88. The van der Waals surface area contributed by atoms with Crippen LogP contribution < -0.4 is 14.4 Å². The Labute approximate surface area is 202 Å². The van der Waals surface area contributed by atoms with Gasteiger partial charge in [-0.2, -0.15) is 0 Å². The van der Waals surface area contributed by atoms with E-state index in [4.69, 9.17) is 4.74 Å². The van der Waals surface area contributed by atoms with Gasteiger partial charge in [0.05, 0.1) is 19.1 Å². The maximum absolute atomic E-state index is 13.6. The molecule has 8 nitrogen and oxygen atoms in total. The van der Waals surface area contributed by atoms with E-state index in [1.165, 1.54) is 4.90 Å². The Kier molecular flexibility index (Phi) is 9.09. The predicted molar refractivity (Wildman–Crippen MR) is 134 cm³/mol. The number of hydrogen-bond acceptors (Lipinski definition) is 5. The molecule has 1 unspecified atom stereocenters. The molecule has 0 bridgehead atoms. The highest BCUT2D eigenvalue weighted by molar-refractivity contribution is 7.92. The maximum atomic E-state index is 13.6. The van der Waals surface area contributed by atoms with E-state index in [0.717, 1.165) is 27.3 Å².